The monoisotopic (exact) mass is 427 g/mol. The number of rotatable bonds is 4. The van der Waals surface area contributed by atoms with Crippen molar-refractivity contribution in [1.29, 1.82) is 5.26 Å². The molecule has 0 aliphatic carbocycles. The molecule has 30 heavy (non-hydrogen) atoms. The van der Waals surface area contributed by atoms with Crippen LogP contribution in [-0.2, 0) is 5.88 Å². The lowest BCUT2D eigenvalue weighted by Crippen LogP contribution is -2.20. The summed E-state index contributed by atoms with van der Waals surface area (Å²) in [5, 5.41) is 12.8. The lowest BCUT2D eigenvalue weighted by molar-refractivity contribution is 1.32. The highest BCUT2D eigenvalue weighted by Gasteiger charge is 2.14. The maximum Gasteiger partial charge on any atom is 0.0994 e. The molecule has 0 radical (unpaired) electrons. The first-order valence-electron chi connectivity index (χ1n) is 9.74. The van der Waals surface area contributed by atoms with Crippen LogP contribution >= 0.6 is 19.5 Å². The van der Waals surface area contributed by atoms with E-state index in [2.05, 4.69) is 97.1 Å². The van der Waals surface area contributed by atoms with Gasteiger partial charge in [0.05, 0.1) is 11.6 Å². The van der Waals surface area contributed by atoms with Crippen molar-refractivity contribution in [1.82, 2.24) is 0 Å². The van der Waals surface area contributed by atoms with Crippen LogP contribution in [0.1, 0.15) is 16.7 Å². The molecule has 148 valence electrons. The third kappa shape index (κ3) is 5.80. The number of halogens is 1. The molecule has 0 aliphatic heterocycles. The average Bonchev–Trinajstić information content (AvgIpc) is 2.82. The van der Waals surface area contributed by atoms with E-state index in [1.165, 1.54) is 15.9 Å². The van der Waals surface area contributed by atoms with Crippen molar-refractivity contribution in [2.75, 3.05) is 0 Å². The molecule has 1 nitrogen and oxygen atoms in total. The van der Waals surface area contributed by atoms with Crippen molar-refractivity contribution in [3.63, 3.8) is 0 Å². The normalized spacial score (nSPS) is 10.1. The van der Waals surface area contributed by atoms with Gasteiger partial charge in [0.15, 0.2) is 0 Å². The molecule has 3 heteroatoms. The van der Waals surface area contributed by atoms with Gasteiger partial charge in [-0.15, -0.1) is 11.6 Å². The summed E-state index contributed by atoms with van der Waals surface area (Å²) in [5.41, 5.74) is 2.71. The second-order valence-electron chi connectivity index (χ2n) is 6.74. The standard InChI is InChI=1S/C18H15P.C9H8ClN/c1-4-10-16(11-5-1)19(17-12-6-2-7-13-17)18-14-8-3-9-15-18;1-7-2-3-8(5-10)4-9(7)6-11/h1-15H;2-4H,5H2,1H3. The Kier molecular flexibility index (Phi) is 8.22. The quantitative estimate of drug-likeness (QED) is 0.287. The molecule has 0 amide bonds. The number of nitrogens with zero attached hydrogens (tertiary/aromatic N) is 1. The average molecular weight is 428 g/mol. The SMILES string of the molecule is Cc1ccc(CCl)cc1C#N.c1ccc(P(c2ccccc2)c2ccccc2)cc1. The van der Waals surface area contributed by atoms with E-state index in [4.69, 9.17) is 16.9 Å². The minimum absolute atomic E-state index is 0.446. The van der Waals surface area contributed by atoms with Crippen molar-refractivity contribution in [3.8, 4) is 6.07 Å². The summed E-state index contributed by atoms with van der Waals surface area (Å²) in [5.74, 6) is 0.467. The Morgan fingerprint density at radius 1 is 0.700 bits per heavy atom. The van der Waals surface area contributed by atoms with Crippen molar-refractivity contribution in [3.05, 3.63) is 126 Å². The largest absolute Gasteiger partial charge is 0.192 e. The highest BCUT2D eigenvalue weighted by Crippen LogP contribution is 2.32. The first-order chi connectivity index (χ1) is 14.7. The molecule has 4 rings (SSSR count). The molecule has 0 atom stereocenters. The van der Waals surface area contributed by atoms with Crippen LogP contribution in [0.4, 0.5) is 0 Å². The molecule has 0 saturated heterocycles. The summed E-state index contributed by atoms with van der Waals surface area (Å²) in [7, 11) is -0.446. The van der Waals surface area contributed by atoms with Crippen molar-refractivity contribution >= 4 is 35.4 Å². The van der Waals surface area contributed by atoms with Gasteiger partial charge in [-0.1, -0.05) is 103 Å². The van der Waals surface area contributed by atoms with E-state index < -0.39 is 7.92 Å². The Balaban J connectivity index is 0.000000199. The number of nitriles is 1. The molecule has 0 heterocycles. The second kappa shape index (κ2) is 11.3. The molecular formula is C27H23ClNP. The Morgan fingerprint density at radius 3 is 1.50 bits per heavy atom. The van der Waals surface area contributed by atoms with Gasteiger partial charge < -0.3 is 0 Å². The number of alkyl halides is 1. The fourth-order valence-electron chi connectivity index (χ4n) is 3.05. The molecule has 0 saturated carbocycles. The zero-order chi connectivity index (χ0) is 21.2. The highest BCUT2D eigenvalue weighted by atomic mass is 35.5. The van der Waals surface area contributed by atoms with Crippen LogP contribution in [0.25, 0.3) is 0 Å². The Bertz CT molecular complexity index is 996. The Labute approximate surface area is 185 Å². The predicted molar refractivity (Wildman–Crippen MR) is 131 cm³/mol. The minimum atomic E-state index is -0.446. The molecular weight excluding hydrogens is 405 g/mol. The zero-order valence-electron chi connectivity index (χ0n) is 16.9. The van der Waals surface area contributed by atoms with E-state index in [0.717, 1.165) is 11.1 Å². The predicted octanol–water partition coefficient (Wildman–Crippen LogP) is 6.05. The number of hydrogen-bond donors (Lipinski definition) is 0. The Hall–Kier alpha value is -2.91. The fourth-order valence-corrected chi connectivity index (χ4v) is 5.52. The van der Waals surface area contributed by atoms with Crippen LogP contribution in [0.3, 0.4) is 0 Å². The lowest BCUT2D eigenvalue weighted by Gasteiger charge is -2.18. The molecule has 0 aliphatic rings. The molecule has 0 unspecified atom stereocenters. The Morgan fingerprint density at radius 2 is 1.13 bits per heavy atom. The maximum absolute atomic E-state index is 8.65. The topological polar surface area (TPSA) is 23.8 Å². The van der Waals surface area contributed by atoms with E-state index >= 15 is 0 Å². The van der Waals surface area contributed by atoms with Gasteiger partial charge in [-0.3, -0.25) is 0 Å². The van der Waals surface area contributed by atoms with Crippen LogP contribution in [0.2, 0.25) is 0 Å². The van der Waals surface area contributed by atoms with Crippen molar-refractivity contribution in [2.45, 2.75) is 12.8 Å². The van der Waals surface area contributed by atoms with Crippen molar-refractivity contribution in [2.24, 2.45) is 0 Å². The third-order valence-corrected chi connectivity index (χ3v) is 7.37. The van der Waals surface area contributed by atoms with Crippen LogP contribution in [0.5, 0.6) is 0 Å². The number of benzene rings is 4. The molecule has 4 aromatic carbocycles. The molecule has 0 aromatic heterocycles. The van der Waals surface area contributed by atoms with Crippen LogP contribution in [0, 0.1) is 18.3 Å². The van der Waals surface area contributed by atoms with E-state index in [-0.39, 0.29) is 0 Å². The summed E-state index contributed by atoms with van der Waals surface area (Å²) in [6, 6.07) is 40.1. The lowest BCUT2D eigenvalue weighted by atomic mass is 10.1. The van der Waals surface area contributed by atoms with E-state index in [1.807, 2.05) is 25.1 Å². The molecule has 4 aromatic rings. The van der Waals surface area contributed by atoms with Crippen LogP contribution in [-0.4, -0.2) is 0 Å². The van der Waals surface area contributed by atoms with Gasteiger partial charge in [-0.05, 0) is 48.0 Å². The van der Waals surface area contributed by atoms with Crippen molar-refractivity contribution < 1.29 is 0 Å². The minimum Gasteiger partial charge on any atom is -0.192 e. The van der Waals surface area contributed by atoms with Crippen LogP contribution < -0.4 is 15.9 Å². The van der Waals surface area contributed by atoms with E-state index in [9.17, 15) is 0 Å². The molecule has 0 spiro atoms. The third-order valence-electron chi connectivity index (χ3n) is 4.62. The number of hydrogen-bond acceptors (Lipinski definition) is 1. The van der Waals surface area contributed by atoms with Gasteiger partial charge in [-0.25, -0.2) is 0 Å². The zero-order valence-corrected chi connectivity index (χ0v) is 18.5. The second-order valence-corrected chi connectivity index (χ2v) is 9.22. The molecule has 0 N–H and O–H groups in total. The summed E-state index contributed by atoms with van der Waals surface area (Å²) in [6.07, 6.45) is 0. The fraction of sp³-hybridized carbons (Fsp3) is 0.0741. The summed E-state index contributed by atoms with van der Waals surface area (Å²) in [6.45, 7) is 1.91. The summed E-state index contributed by atoms with van der Waals surface area (Å²) >= 11 is 5.60. The van der Waals surface area contributed by atoms with Gasteiger partial charge in [0.2, 0.25) is 0 Å². The molecule has 0 bridgehead atoms. The maximum atomic E-state index is 8.65. The smallest absolute Gasteiger partial charge is 0.0994 e. The van der Waals surface area contributed by atoms with Crippen LogP contribution in [0.15, 0.2) is 109 Å². The summed E-state index contributed by atoms with van der Waals surface area (Å²) in [4.78, 5) is 0. The van der Waals surface area contributed by atoms with Gasteiger partial charge in [0, 0.05) is 5.88 Å². The van der Waals surface area contributed by atoms with Gasteiger partial charge in [0.1, 0.15) is 0 Å². The number of aryl methyl sites for hydroxylation is 1. The van der Waals surface area contributed by atoms with Gasteiger partial charge >= 0.3 is 0 Å². The van der Waals surface area contributed by atoms with E-state index in [0.29, 0.717) is 11.4 Å². The molecule has 0 fully saturated rings. The first kappa shape index (κ1) is 21.8. The van der Waals surface area contributed by atoms with E-state index in [1.54, 1.807) is 0 Å². The highest BCUT2D eigenvalue weighted by molar-refractivity contribution is 7.79. The first-order valence-corrected chi connectivity index (χ1v) is 11.6. The van der Waals surface area contributed by atoms with Gasteiger partial charge in [-0.2, -0.15) is 5.26 Å². The van der Waals surface area contributed by atoms with Gasteiger partial charge in [0.25, 0.3) is 0 Å². The summed E-state index contributed by atoms with van der Waals surface area (Å²) < 4.78 is 0.